The van der Waals surface area contributed by atoms with Crippen LogP contribution in [0.25, 0.3) is 5.78 Å². The second kappa shape index (κ2) is 4.54. The van der Waals surface area contributed by atoms with Crippen LogP contribution in [0.3, 0.4) is 0 Å². The molecule has 1 aliphatic rings. The molecule has 0 unspecified atom stereocenters. The Morgan fingerprint density at radius 3 is 2.65 bits per heavy atom. The Morgan fingerprint density at radius 2 is 2.05 bits per heavy atom. The molecule has 0 aliphatic heterocycles. The average Bonchev–Trinajstić information content (AvgIpc) is 3.07. The topological polar surface area (TPSA) is 63.4 Å². The van der Waals surface area contributed by atoms with E-state index < -0.39 is 0 Å². The second-order valence-corrected chi connectivity index (χ2v) is 5.72. The van der Waals surface area contributed by atoms with E-state index in [-0.39, 0.29) is 17.8 Å². The third-order valence-corrected chi connectivity index (χ3v) is 3.54. The van der Waals surface area contributed by atoms with Gasteiger partial charge in [0, 0.05) is 23.5 Å². The number of rotatable bonds is 3. The molecule has 1 saturated carbocycles. The molecule has 0 N–H and O–H groups in total. The zero-order chi connectivity index (χ0) is 14.4. The lowest BCUT2D eigenvalue weighted by molar-refractivity contribution is 0.0678. The minimum absolute atomic E-state index is 0.0925. The van der Waals surface area contributed by atoms with E-state index in [0.29, 0.717) is 11.8 Å². The summed E-state index contributed by atoms with van der Waals surface area (Å²) < 4.78 is 1.63. The summed E-state index contributed by atoms with van der Waals surface area (Å²) in [4.78, 5) is 23.1. The van der Waals surface area contributed by atoms with E-state index in [4.69, 9.17) is 0 Å². The number of fused-ring (bicyclic) bond motifs is 1. The normalized spacial score (nSPS) is 15.1. The maximum atomic E-state index is 12.6. The van der Waals surface area contributed by atoms with Crippen molar-refractivity contribution in [1.82, 2.24) is 24.5 Å². The molecule has 20 heavy (non-hydrogen) atoms. The van der Waals surface area contributed by atoms with Crippen LogP contribution < -0.4 is 0 Å². The summed E-state index contributed by atoms with van der Waals surface area (Å²) in [5.74, 6) is 0.641. The van der Waals surface area contributed by atoms with E-state index in [2.05, 4.69) is 15.1 Å². The predicted octanol–water partition coefficient (Wildman–Crippen LogP) is 1.75. The van der Waals surface area contributed by atoms with E-state index in [1.54, 1.807) is 4.52 Å². The summed E-state index contributed by atoms with van der Waals surface area (Å²) in [5.41, 5.74) is 1.81. The van der Waals surface area contributed by atoms with Gasteiger partial charge >= 0.3 is 0 Å². The molecule has 106 valence electrons. The van der Waals surface area contributed by atoms with Crippen molar-refractivity contribution < 1.29 is 4.79 Å². The van der Waals surface area contributed by atoms with Crippen molar-refractivity contribution >= 4 is 11.7 Å². The first kappa shape index (κ1) is 13.0. The van der Waals surface area contributed by atoms with Gasteiger partial charge < -0.3 is 4.90 Å². The number of amides is 1. The molecule has 2 aromatic heterocycles. The molecule has 3 rings (SSSR count). The van der Waals surface area contributed by atoms with Crippen LogP contribution in [-0.4, -0.2) is 42.5 Å². The molecule has 2 heterocycles. The van der Waals surface area contributed by atoms with E-state index in [0.717, 1.165) is 24.2 Å². The van der Waals surface area contributed by atoms with Gasteiger partial charge in [-0.3, -0.25) is 4.79 Å². The molecule has 1 fully saturated rings. The molecular weight excluding hydrogens is 254 g/mol. The summed E-state index contributed by atoms with van der Waals surface area (Å²) in [6.07, 6.45) is 2.15. The Kier molecular flexibility index (Phi) is 2.96. The first-order valence-electron chi connectivity index (χ1n) is 7.01. The van der Waals surface area contributed by atoms with Gasteiger partial charge in [0.25, 0.3) is 11.7 Å². The smallest absolute Gasteiger partial charge is 0.294 e. The van der Waals surface area contributed by atoms with Crippen molar-refractivity contribution in [3.63, 3.8) is 0 Å². The van der Waals surface area contributed by atoms with Crippen LogP contribution in [0, 0.1) is 13.8 Å². The summed E-state index contributed by atoms with van der Waals surface area (Å²) in [6.45, 7) is 7.90. The standard InChI is InChI=1S/C14H19N5O/c1-8(2)18(11-5-6-11)13(20)12-16-14-15-9(3)7-10(4)19(14)17-12/h7-8,11H,5-6H2,1-4H3. The fourth-order valence-electron chi connectivity index (χ4n) is 2.55. The maximum absolute atomic E-state index is 12.6. The Balaban J connectivity index is 2.01. The number of carbonyl (C=O) groups is 1. The van der Waals surface area contributed by atoms with Gasteiger partial charge in [0.1, 0.15) is 0 Å². The van der Waals surface area contributed by atoms with Gasteiger partial charge in [0.05, 0.1) is 0 Å². The van der Waals surface area contributed by atoms with Gasteiger partial charge in [0.2, 0.25) is 5.82 Å². The van der Waals surface area contributed by atoms with E-state index >= 15 is 0 Å². The lowest BCUT2D eigenvalue weighted by Gasteiger charge is -2.25. The largest absolute Gasteiger partial charge is 0.330 e. The van der Waals surface area contributed by atoms with Crippen molar-refractivity contribution in [3.05, 3.63) is 23.3 Å². The van der Waals surface area contributed by atoms with Gasteiger partial charge in [-0.1, -0.05) is 0 Å². The summed E-state index contributed by atoms with van der Waals surface area (Å²) in [7, 11) is 0. The number of hydrogen-bond acceptors (Lipinski definition) is 4. The zero-order valence-corrected chi connectivity index (χ0v) is 12.3. The van der Waals surface area contributed by atoms with Gasteiger partial charge in [-0.2, -0.15) is 4.98 Å². The molecule has 6 nitrogen and oxygen atoms in total. The molecule has 0 spiro atoms. The van der Waals surface area contributed by atoms with E-state index in [1.165, 1.54) is 0 Å². The van der Waals surface area contributed by atoms with Crippen molar-refractivity contribution in [2.45, 2.75) is 52.6 Å². The predicted molar refractivity (Wildman–Crippen MR) is 74.6 cm³/mol. The van der Waals surface area contributed by atoms with Crippen LogP contribution in [0.1, 0.15) is 48.7 Å². The number of nitrogens with zero attached hydrogens (tertiary/aromatic N) is 5. The van der Waals surface area contributed by atoms with Crippen LogP contribution >= 0.6 is 0 Å². The van der Waals surface area contributed by atoms with E-state index in [1.807, 2.05) is 38.7 Å². The summed E-state index contributed by atoms with van der Waals surface area (Å²) >= 11 is 0. The average molecular weight is 273 g/mol. The van der Waals surface area contributed by atoms with Gasteiger partial charge in [-0.05, 0) is 46.6 Å². The van der Waals surface area contributed by atoms with Gasteiger partial charge in [-0.25, -0.2) is 9.50 Å². The first-order chi connectivity index (χ1) is 9.47. The maximum Gasteiger partial charge on any atom is 0.294 e. The highest BCUT2D eigenvalue weighted by Crippen LogP contribution is 2.29. The quantitative estimate of drug-likeness (QED) is 0.854. The molecule has 0 saturated heterocycles. The highest BCUT2D eigenvalue weighted by Gasteiger charge is 2.36. The Labute approximate surface area is 117 Å². The Hall–Kier alpha value is -1.98. The van der Waals surface area contributed by atoms with Crippen LogP contribution in [0.5, 0.6) is 0 Å². The second-order valence-electron chi connectivity index (χ2n) is 5.72. The lowest BCUT2D eigenvalue weighted by atomic mass is 10.3. The van der Waals surface area contributed by atoms with Crippen LogP contribution in [0.4, 0.5) is 0 Å². The van der Waals surface area contributed by atoms with Gasteiger partial charge in [-0.15, -0.1) is 5.10 Å². The Bertz CT molecular complexity index is 669. The SMILES string of the molecule is Cc1cc(C)n2nc(C(=O)N(C(C)C)C3CC3)nc2n1. The van der Waals surface area contributed by atoms with Crippen molar-refractivity contribution in [2.24, 2.45) is 0 Å². The highest BCUT2D eigenvalue weighted by molar-refractivity contribution is 5.91. The van der Waals surface area contributed by atoms with Crippen molar-refractivity contribution in [1.29, 1.82) is 0 Å². The lowest BCUT2D eigenvalue weighted by Crippen LogP contribution is -2.39. The molecule has 2 aromatic rings. The molecule has 0 bridgehead atoms. The minimum atomic E-state index is -0.0925. The molecule has 0 atom stereocenters. The molecular formula is C14H19N5O. The third-order valence-electron chi connectivity index (χ3n) is 3.54. The highest BCUT2D eigenvalue weighted by atomic mass is 16.2. The number of aryl methyl sites for hydroxylation is 2. The fourth-order valence-corrected chi connectivity index (χ4v) is 2.55. The summed E-state index contributed by atoms with van der Waals surface area (Å²) in [6, 6.07) is 2.44. The molecule has 1 aliphatic carbocycles. The fraction of sp³-hybridized carbons (Fsp3) is 0.571. The molecule has 1 amide bonds. The van der Waals surface area contributed by atoms with Crippen LogP contribution in [0.15, 0.2) is 6.07 Å². The number of carbonyl (C=O) groups excluding carboxylic acids is 1. The van der Waals surface area contributed by atoms with Crippen LogP contribution in [-0.2, 0) is 0 Å². The molecule has 0 radical (unpaired) electrons. The summed E-state index contributed by atoms with van der Waals surface area (Å²) in [5, 5.41) is 4.32. The molecule has 6 heteroatoms. The van der Waals surface area contributed by atoms with Gasteiger partial charge in [0.15, 0.2) is 0 Å². The monoisotopic (exact) mass is 273 g/mol. The zero-order valence-electron chi connectivity index (χ0n) is 12.3. The van der Waals surface area contributed by atoms with Crippen LogP contribution in [0.2, 0.25) is 0 Å². The van der Waals surface area contributed by atoms with Crippen molar-refractivity contribution in [3.8, 4) is 0 Å². The minimum Gasteiger partial charge on any atom is -0.330 e. The van der Waals surface area contributed by atoms with Crippen molar-refractivity contribution in [2.75, 3.05) is 0 Å². The molecule has 0 aromatic carbocycles. The first-order valence-corrected chi connectivity index (χ1v) is 7.01. The third kappa shape index (κ3) is 2.15. The number of aromatic nitrogens is 4. The number of hydrogen-bond donors (Lipinski definition) is 0. The Morgan fingerprint density at radius 1 is 1.35 bits per heavy atom. The van der Waals surface area contributed by atoms with E-state index in [9.17, 15) is 4.79 Å².